The van der Waals surface area contributed by atoms with Gasteiger partial charge in [-0.2, -0.15) is 0 Å². The molecule has 1 aliphatic rings. The summed E-state index contributed by atoms with van der Waals surface area (Å²) in [7, 11) is 0. The number of benzene rings is 1. The van der Waals surface area contributed by atoms with Crippen molar-refractivity contribution in [2.45, 2.75) is 0 Å². The Kier molecular flexibility index (Phi) is 1.36. The highest BCUT2D eigenvalue weighted by atomic mass is 16.6. The van der Waals surface area contributed by atoms with Crippen LogP contribution < -0.4 is 10.7 Å². The summed E-state index contributed by atoms with van der Waals surface area (Å²) in [5, 5.41) is 11.7. The van der Waals surface area contributed by atoms with Crippen molar-refractivity contribution in [2.24, 2.45) is 9.98 Å². The molecule has 0 radical (unpaired) electrons. The topological polar surface area (TPSA) is 67.9 Å². The van der Waals surface area contributed by atoms with Gasteiger partial charge in [0.25, 0.3) is 5.69 Å². The monoisotopic (exact) mass is 163 g/mol. The average molecular weight is 163 g/mol. The predicted octanol–water partition coefficient (Wildman–Crippen LogP) is -0.195. The molecule has 12 heavy (non-hydrogen) atoms. The lowest BCUT2D eigenvalue weighted by Gasteiger charge is -1.87. The van der Waals surface area contributed by atoms with Crippen molar-refractivity contribution < 1.29 is 4.92 Å². The number of nitrogens with zero attached hydrogens (tertiary/aromatic N) is 3. The quantitative estimate of drug-likeness (QED) is 0.425. The van der Waals surface area contributed by atoms with E-state index in [1.165, 1.54) is 12.1 Å². The molecule has 2 rings (SSSR count). The van der Waals surface area contributed by atoms with Crippen LogP contribution in [0.2, 0.25) is 0 Å². The maximum absolute atomic E-state index is 10.3. The average Bonchev–Trinajstić information content (AvgIpc) is 2.49. The number of non-ortho nitro benzene ring substituents is 1. The Balaban J connectivity index is 2.69. The van der Waals surface area contributed by atoms with Gasteiger partial charge in [-0.3, -0.25) is 20.1 Å². The second-order valence-electron chi connectivity index (χ2n) is 2.39. The lowest BCUT2D eigenvalue weighted by atomic mass is 10.3. The van der Waals surface area contributed by atoms with Gasteiger partial charge in [0.05, 0.1) is 15.6 Å². The van der Waals surface area contributed by atoms with E-state index in [-0.39, 0.29) is 5.69 Å². The summed E-state index contributed by atoms with van der Waals surface area (Å²) in [6.45, 7) is 0.385. The predicted molar refractivity (Wildman–Crippen MR) is 40.3 cm³/mol. The molecule has 1 heterocycles. The lowest BCUT2D eigenvalue weighted by Crippen LogP contribution is -2.21. The van der Waals surface area contributed by atoms with E-state index in [1.54, 1.807) is 6.07 Å². The molecule has 1 aliphatic heterocycles. The van der Waals surface area contributed by atoms with Gasteiger partial charge < -0.3 is 0 Å². The van der Waals surface area contributed by atoms with E-state index in [0.29, 0.717) is 12.0 Å². The van der Waals surface area contributed by atoms with Crippen molar-refractivity contribution >= 4 is 5.69 Å². The number of rotatable bonds is 1. The summed E-state index contributed by atoms with van der Waals surface area (Å²) in [5.74, 6) is 0. The minimum absolute atomic E-state index is 0.0644. The highest BCUT2D eigenvalue weighted by Gasteiger charge is 2.06. The molecule has 0 aromatic heterocycles. The molecule has 0 aliphatic carbocycles. The smallest absolute Gasteiger partial charge is 0.260 e. The Morgan fingerprint density at radius 3 is 2.83 bits per heavy atom. The minimum atomic E-state index is -0.436. The van der Waals surface area contributed by atoms with E-state index in [9.17, 15) is 10.1 Å². The summed E-state index contributed by atoms with van der Waals surface area (Å²) in [5.41, 5.74) is 0.0644. The van der Waals surface area contributed by atoms with Crippen molar-refractivity contribution in [2.75, 3.05) is 6.67 Å². The third kappa shape index (κ3) is 0.952. The van der Waals surface area contributed by atoms with Crippen LogP contribution in [0.4, 0.5) is 5.69 Å². The van der Waals surface area contributed by atoms with Gasteiger partial charge in [0.15, 0.2) is 0 Å². The first-order chi connectivity index (χ1) is 5.77. The minimum Gasteiger partial charge on any atom is -0.260 e. The molecular weight excluding hydrogens is 158 g/mol. The standard InChI is InChI=1S/C7H5N3O2/c11-10(12)5-1-2-6-7(3-5)9-4-8-6/h1-3H,4H2. The molecule has 0 unspecified atom stereocenters. The fourth-order valence-electron chi connectivity index (χ4n) is 1.07. The maximum atomic E-state index is 10.3. The molecule has 0 amide bonds. The van der Waals surface area contributed by atoms with Crippen molar-refractivity contribution in [1.29, 1.82) is 0 Å². The van der Waals surface area contributed by atoms with E-state index < -0.39 is 4.92 Å². The van der Waals surface area contributed by atoms with E-state index in [2.05, 4.69) is 9.98 Å². The number of nitro groups is 1. The van der Waals surface area contributed by atoms with Crippen LogP contribution >= 0.6 is 0 Å². The number of hydrogen-bond acceptors (Lipinski definition) is 4. The van der Waals surface area contributed by atoms with Gasteiger partial charge >= 0.3 is 0 Å². The van der Waals surface area contributed by atoms with E-state index >= 15 is 0 Å². The Morgan fingerprint density at radius 1 is 1.33 bits per heavy atom. The third-order valence-electron chi connectivity index (χ3n) is 1.65. The van der Waals surface area contributed by atoms with E-state index in [4.69, 9.17) is 0 Å². The van der Waals surface area contributed by atoms with Crippen LogP contribution in [0.25, 0.3) is 0 Å². The largest absolute Gasteiger partial charge is 0.271 e. The molecule has 60 valence electrons. The normalized spacial score (nSPS) is 13.0. The van der Waals surface area contributed by atoms with Crippen LogP contribution in [-0.4, -0.2) is 11.6 Å². The summed E-state index contributed by atoms with van der Waals surface area (Å²) in [4.78, 5) is 17.9. The van der Waals surface area contributed by atoms with Gasteiger partial charge in [0, 0.05) is 12.1 Å². The van der Waals surface area contributed by atoms with E-state index in [0.717, 1.165) is 5.36 Å². The molecule has 0 spiro atoms. The second kappa shape index (κ2) is 2.37. The molecular formula is C7H5N3O2. The lowest BCUT2D eigenvalue weighted by molar-refractivity contribution is -0.385. The zero-order valence-corrected chi connectivity index (χ0v) is 6.10. The first kappa shape index (κ1) is 6.90. The van der Waals surface area contributed by atoms with Crippen LogP contribution in [0.3, 0.4) is 0 Å². The van der Waals surface area contributed by atoms with Crippen LogP contribution in [0.5, 0.6) is 0 Å². The molecule has 0 bridgehead atoms. The van der Waals surface area contributed by atoms with Crippen molar-refractivity contribution in [3.8, 4) is 0 Å². The van der Waals surface area contributed by atoms with Crippen molar-refractivity contribution in [3.05, 3.63) is 39.0 Å². The van der Waals surface area contributed by atoms with Crippen LogP contribution in [0, 0.1) is 10.1 Å². The van der Waals surface area contributed by atoms with Gasteiger partial charge in [-0.1, -0.05) is 0 Å². The third-order valence-corrected chi connectivity index (χ3v) is 1.65. The number of nitro benzene ring substituents is 1. The molecule has 0 N–H and O–H groups in total. The van der Waals surface area contributed by atoms with E-state index in [1.807, 2.05) is 0 Å². The summed E-state index contributed by atoms with van der Waals surface area (Å²) >= 11 is 0. The Labute approximate surface area is 67.2 Å². The molecule has 1 aromatic rings. The fourth-order valence-corrected chi connectivity index (χ4v) is 1.07. The Morgan fingerprint density at radius 2 is 2.08 bits per heavy atom. The van der Waals surface area contributed by atoms with Gasteiger partial charge in [-0.25, -0.2) is 0 Å². The summed E-state index contributed by atoms with van der Waals surface area (Å²) < 4.78 is 0. The van der Waals surface area contributed by atoms with Gasteiger partial charge in [0.2, 0.25) is 0 Å². The first-order valence-electron chi connectivity index (χ1n) is 3.41. The molecule has 0 fully saturated rings. The summed E-state index contributed by atoms with van der Waals surface area (Å²) in [6, 6.07) is 4.49. The SMILES string of the molecule is O=[N+]([O-])c1ccc2c(c1)=NCN=2. The number of fused-ring (bicyclic) bond motifs is 1. The second-order valence-corrected chi connectivity index (χ2v) is 2.39. The van der Waals surface area contributed by atoms with Crippen molar-refractivity contribution in [3.63, 3.8) is 0 Å². The highest BCUT2D eigenvalue weighted by Crippen LogP contribution is 2.03. The Bertz CT molecular complexity index is 452. The molecule has 0 saturated heterocycles. The first-order valence-corrected chi connectivity index (χ1v) is 3.41. The molecule has 0 atom stereocenters. The van der Waals surface area contributed by atoms with Crippen LogP contribution in [0.1, 0.15) is 0 Å². The van der Waals surface area contributed by atoms with Gasteiger partial charge in [-0.15, -0.1) is 0 Å². The molecule has 0 saturated carbocycles. The van der Waals surface area contributed by atoms with Gasteiger partial charge in [-0.05, 0) is 6.07 Å². The fraction of sp³-hybridized carbons (Fsp3) is 0.143. The Hall–Kier alpha value is -1.78. The summed E-state index contributed by atoms with van der Waals surface area (Å²) in [6.07, 6.45) is 0. The number of hydrogen-bond donors (Lipinski definition) is 0. The van der Waals surface area contributed by atoms with Crippen LogP contribution in [0.15, 0.2) is 28.2 Å². The van der Waals surface area contributed by atoms with Gasteiger partial charge in [0.1, 0.15) is 6.67 Å². The van der Waals surface area contributed by atoms with Crippen molar-refractivity contribution in [1.82, 2.24) is 0 Å². The molecule has 1 aromatic carbocycles. The molecule has 5 heteroatoms. The zero-order chi connectivity index (χ0) is 8.55. The zero-order valence-electron chi connectivity index (χ0n) is 6.10. The maximum Gasteiger partial charge on any atom is 0.271 e. The van der Waals surface area contributed by atoms with Crippen LogP contribution in [-0.2, 0) is 0 Å². The molecule has 5 nitrogen and oxygen atoms in total. The highest BCUT2D eigenvalue weighted by molar-refractivity contribution is 5.28.